The number of hydrogen-bond acceptors (Lipinski definition) is 3. The fourth-order valence-corrected chi connectivity index (χ4v) is 2.79. The maximum absolute atomic E-state index is 11.6. The minimum absolute atomic E-state index is 0.0479. The largest absolute Gasteiger partial charge is 0.358 e. The van der Waals surface area contributed by atoms with Crippen molar-refractivity contribution in [2.24, 2.45) is 0 Å². The van der Waals surface area contributed by atoms with Crippen molar-refractivity contribution in [1.29, 1.82) is 0 Å². The van der Waals surface area contributed by atoms with E-state index in [9.17, 15) is 4.79 Å². The molecule has 0 radical (unpaired) electrons. The number of benzene rings is 1. The van der Waals surface area contributed by atoms with Crippen molar-refractivity contribution in [3.8, 4) is 0 Å². The van der Waals surface area contributed by atoms with Crippen LogP contribution in [0.15, 0.2) is 24.3 Å². The summed E-state index contributed by atoms with van der Waals surface area (Å²) < 4.78 is 0. The lowest BCUT2D eigenvalue weighted by Crippen LogP contribution is -2.53. The minimum atomic E-state index is -0.0479. The minimum Gasteiger partial charge on any atom is -0.358 e. The highest BCUT2D eigenvalue weighted by Gasteiger charge is 2.24. The molecule has 1 N–H and O–H groups in total. The number of nitrogens with zero attached hydrogens (tertiary/aromatic N) is 2. The maximum Gasteiger partial charge on any atom is 0.236 e. The molecule has 0 unspecified atom stereocenters. The zero-order valence-electron chi connectivity index (χ0n) is 12.1. The first kappa shape index (κ1) is 15.3. The number of hydrogen-bond donors (Lipinski definition) is 1. The summed E-state index contributed by atoms with van der Waals surface area (Å²) in [6, 6.07) is 7.95. The number of carbonyl (C=O) groups is 1. The number of nitrogens with one attached hydrogen (secondary N) is 1. The summed E-state index contributed by atoms with van der Waals surface area (Å²) >= 11 is 6.01. The third kappa shape index (κ3) is 3.95. The Kier molecular flexibility index (Phi) is 5.40. The molecule has 1 aliphatic rings. The Bertz CT molecular complexity index is 458. The van der Waals surface area contributed by atoms with Gasteiger partial charge in [-0.25, -0.2) is 0 Å². The average molecular weight is 296 g/mol. The summed E-state index contributed by atoms with van der Waals surface area (Å²) in [6.07, 6.45) is 0. The molecule has 0 saturated carbocycles. The molecular weight excluding hydrogens is 274 g/mol. The van der Waals surface area contributed by atoms with E-state index in [4.69, 9.17) is 11.6 Å². The second-order valence-corrected chi connectivity index (χ2v) is 5.67. The highest BCUT2D eigenvalue weighted by Crippen LogP contribution is 2.14. The van der Waals surface area contributed by atoms with Crippen LogP contribution in [-0.4, -0.2) is 55.0 Å². The van der Waals surface area contributed by atoms with Crippen molar-refractivity contribution in [3.63, 3.8) is 0 Å². The number of rotatable bonds is 4. The molecule has 1 aromatic rings. The highest BCUT2D eigenvalue weighted by atomic mass is 35.5. The van der Waals surface area contributed by atoms with Crippen molar-refractivity contribution in [2.75, 3.05) is 33.2 Å². The molecule has 5 heteroatoms. The Morgan fingerprint density at radius 1 is 1.35 bits per heavy atom. The predicted octanol–water partition coefficient (Wildman–Crippen LogP) is 1.59. The number of carbonyl (C=O) groups excluding carboxylic acids is 1. The van der Waals surface area contributed by atoms with Gasteiger partial charge in [0.05, 0.1) is 6.04 Å². The molecule has 0 aromatic heterocycles. The molecule has 0 aliphatic carbocycles. The molecule has 1 atom stereocenters. The predicted molar refractivity (Wildman–Crippen MR) is 81.8 cm³/mol. The Morgan fingerprint density at radius 2 is 2.05 bits per heavy atom. The molecule has 110 valence electrons. The van der Waals surface area contributed by atoms with Crippen LogP contribution in [0.5, 0.6) is 0 Å². The van der Waals surface area contributed by atoms with E-state index in [1.807, 2.05) is 25.1 Å². The van der Waals surface area contributed by atoms with Crippen LogP contribution >= 0.6 is 11.6 Å². The third-order valence-electron chi connectivity index (χ3n) is 3.88. The van der Waals surface area contributed by atoms with E-state index in [1.54, 1.807) is 7.05 Å². The van der Waals surface area contributed by atoms with Crippen LogP contribution in [0.3, 0.4) is 0 Å². The van der Waals surface area contributed by atoms with Crippen LogP contribution in [0, 0.1) is 0 Å². The van der Waals surface area contributed by atoms with E-state index >= 15 is 0 Å². The summed E-state index contributed by atoms with van der Waals surface area (Å²) in [7, 11) is 1.69. The molecule has 1 amide bonds. The zero-order valence-corrected chi connectivity index (χ0v) is 12.9. The fraction of sp³-hybridized carbons (Fsp3) is 0.533. The average Bonchev–Trinajstić information content (AvgIpc) is 2.46. The standard InChI is InChI=1S/C15H22ClN3O/c1-12(15(20)17-2)19-8-6-18(7-9-19)11-13-4-3-5-14(16)10-13/h3-5,10,12H,6-9,11H2,1-2H3,(H,17,20)/t12-/m0/s1. The van der Waals surface area contributed by atoms with Gasteiger partial charge >= 0.3 is 0 Å². The van der Waals surface area contributed by atoms with Crippen LogP contribution in [0.2, 0.25) is 5.02 Å². The van der Waals surface area contributed by atoms with Crippen molar-refractivity contribution in [1.82, 2.24) is 15.1 Å². The first-order valence-corrected chi connectivity index (χ1v) is 7.40. The number of amides is 1. The van der Waals surface area contributed by atoms with Gasteiger partial charge in [-0.05, 0) is 24.6 Å². The van der Waals surface area contributed by atoms with Crippen LogP contribution in [0.25, 0.3) is 0 Å². The van der Waals surface area contributed by atoms with Crippen molar-refractivity contribution < 1.29 is 4.79 Å². The molecule has 2 rings (SSSR count). The number of piperazine rings is 1. The Hall–Kier alpha value is -1.10. The normalized spacial score (nSPS) is 18.8. The lowest BCUT2D eigenvalue weighted by molar-refractivity contribution is -0.126. The summed E-state index contributed by atoms with van der Waals surface area (Å²) in [5.74, 6) is 0.0910. The first-order chi connectivity index (χ1) is 9.60. The van der Waals surface area contributed by atoms with E-state index in [1.165, 1.54) is 5.56 Å². The molecule has 0 bridgehead atoms. The zero-order chi connectivity index (χ0) is 14.5. The van der Waals surface area contributed by atoms with Gasteiger partial charge in [0.25, 0.3) is 0 Å². The van der Waals surface area contributed by atoms with E-state index in [0.717, 1.165) is 37.7 Å². The first-order valence-electron chi connectivity index (χ1n) is 7.02. The monoisotopic (exact) mass is 295 g/mol. The van der Waals surface area contributed by atoms with Crippen LogP contribution in [0.1, 0.15) is 12.5 Å². The van der Waals surface area contributed by atoms with Crippen molar-refractivity contribution in [3.05, 3.63) is 34.9 Å². The number of halogens is 1. The van der Waals surface area contributed by atoms with Gasteiger partial charge in [-0.1, -0.05) is 23.7 Å². The highest BCUT2D eigenvalue weighted by molar-refractivity contribution is 6.30. The van der Waals surface area contributed by atoms with E-state index in [-0.39, 0.29) is 11.9 Å². The molecular formula is C15H22ClN3O. The van der Waals surface area contributed by atoms with Crippen molar-refractivity contribution in [2.45, 2.75) is 19.5 Å². The molecule has 1 fully saturated rings. The smallest absolute Gasteiger partial charge is 0.236 e. The molecule has 0 spiro atoms. The molecule has 4 nitrogen and oxygen atoms in total. The van der Waals surface area contributed by atoms with Gasteiger partial charge in [0.2, 0.25) is 5.91 Å². The molecule has 1 aliphatic heterocycles. The Morgan fingerprint density at radius 3 is 2.65 bits per heavy atom. The van der Waals surface area contributed by atoms with Gasteiger partial charge in [-0.15, -0.1) is 0 Å². The van der Waals surface area contributed by atoms with Crippen molar-refractivity contribution >= 4 is 17.5 Å². The summed E-state index contributed by atoms with van der Waals surface area (Å²) in [4.78, 5) is 16.3. The lowest BCUT2D eigenvalue weighted by Gasteiger charge is -2.37. The molecule has 1 saturated heterocycles. The van der Waals surface area contributed by atoms with Gasteiger partial charge in [-0.2, -0.15) is 0 Å². The fourth-order valence-electron chi connectivity index (χ4n) is 2.58. The van der Waals surface area contributed by atoms with Crippen LogP contribution < -0.4 is 5.32 Å². The third-order valence-corrected chi connectivity index (χ3v) is 4.11. The summed E-state index contributed by atoms with van der Waals surface area (Å²) in [6.45, 7) is 6.69. The maximum atomic E-state index is 11.6. The topological polar surface area (TPSA) is 35.6 Å². The molecule has 1 heterocycles. The van der Waals surface area contributed by atoms with Gasteiger partial charge in [-0.3, -0.25) is 14.6 Å². The van der Waals surface area contributed by atoms with E-state index in [0.29, 0.717) is 0 Å². The second kappa shape index (κ2) is 7.07. The summed E-state index contributed by atoms with van der Waals surface area (Å²) in [5.41, 5.74) is 1.24. The Labute approximate surface area is 125 Å². The lowest BCUT2D eigenvalue weighted by atomic mass is 10.1. The van der Waals surface area contributed by atoms with E-state index < -0.39 is 0 Å². The molecule has 20 heavy (non-hydrogen) atoms. The van der Waals surface area contributed by atoms with Gasteiger partial charge in [0.15, 0.2) is 0 Å². The van der Waals surface area contributed by atoms with Gasteiger partial charge in [0.1, 0.15) is 0 Å². The SMILES string of the molecule is CNC(=O)[C@H](C)N1CCN(Cc2cccc(Cl)c2)CC1. The van der Waals surface area contributed by atoms with Crippen LogP contribution in [0.4, 0.5) is 0 Å². The number of likely N-dealkylation sites (N-methyl/N-ethyl adjacent to an activating group) is 1. The second-order valence-electron chi connectivity index (χ2n) is 5.23. The van der Waals surface area contributed by atoms with Crippen LogP contribution in [-0.2, 0) is 11.3 Å². The van der Waals surface area contributed by atoms with Gasteiger partial charge in [0, 0.05) is 44.8 Å². The summed E-state index contributed by atoms with van der Waals surface area (Å²) in [5, 5.41) is 3.50. The quantitative estimate of drug-likeness (QED) is 0.916. The Balaban J connectivity index is 1.84. The molecule has 1 aromatic carbocycles. The van der Waals surface area contributed by atoms with E-state index in [2.05, 4.69) is 21.2 Å². The van der Waals surface area contributed by atoms with Gasteiger partial charge < -0.3 is 5.32 Å².